The molecule has 32 heavy (non-hydrogen) atoms. The molecule has 3 atom stereocenters. The third-order valence-corrected chi connectivity index (χ3v) is 6.03. The van der Waals surface area contributed by atoms with Gasteiger partial charge < -0.3 is 24.8 Å². The molecule has 2 aromatic rings. The summed E-state index contributed by atoms with van der Waals surface area (Å²) in [5.41, 5.74) is 3.52. The molecule has 0 aliphatic carbocycles. The first-order chi connectivity index (χ1) is 15.7. The van der Waals surface area contributed by atoms with Gasteiger partial charge >= 0.3 is 0 Å². The maximum absolute atomic E-state index is 6.23. The second kappa shape index (κ2) is 11.3. The highest BCUT2D eigenvalue weighted by molar-refractivity contribution is 5.79. The Hall–Kier alpha value is -2.57. The van der Waals surface area contributed by atoms with Crippen molar-refractivity contribution in [3.05, 3.63) is 65.2 Å². The third-order valence-electron chi connectivity index (χ3n) is 6.03. The van der Waals surface area contributed by atoms with E-state index in [0.717, 1.165) is 56.4 Å². The first-order valence-electron chi connectivity index (χ1n) is 11.8. The zero-order valence-electron chi connectivity index (χ0n) is 19.2. The summed E-state index contributed by atoms with van der Waals surface area (Å²) < 4.78 is 17.7. The van der Waals surface area contributed by atoms with Crippen LogP contribution in [-0.4, -0.2) is 45.0 Å². The van der Waals surface area contributed by atoms with Gasteiger partial charge in [0.15, 0.2) is 5.96 Å². The number of nitrogens with zero attached hydrogens (tertiary/aromatic N) is 1. The number of rotatable bonds is 8. The van der Waals surface area contributed by atoms with Crippen LogP contribution in [0.1, 0.15) is 42.6 Å². The molecule has 2 aromatic carbocycles. The Bertz CT molecular complexity index is 881. The molecule has 2 aliphatic heterocycles. The summed E-state index contributed by atoms with van der Waals surface area (Å²) in [4.78, 5) is 4.85. The van der Waals surface area contributed by atoms with Crippen molar-refractivity contribution in [3.8, 4) is 5.75 Å². The molecule has 2 fully saturated rings. The lowest BCUT2D eigenvalue weighted by Gasteiger charge is -2.21. The van der Waals surface area contributed by atoms with Gasteiger partial charge in [-0.1, -0.05) is 42.5 Å². The minimum atomic E-state index is 0.128. The second-order valence-corrected chi connectivity index (χ2v) is 8.54. The average Bonchev–Trinajstić information content (AvgIpc) is 3.49. The van der Waals surface area contributed by atoms with E-state index in [1.807, 2.05) is 6.07 Å². The molecule has 2 heterocycles. The van der Waals surface area contributed by atoms with Crippen LogP contribution in [-0.2, 0) is 16.0 Å². The van der Waals surface area contributed by atoms with E-state index in [4.69, 9.17) is 19.2 Å². The summed E-state index contributed by atoms with van der Waals surface area (Å²) in [6, 6.07) is 16.8. The van der Waals surface area contributed by atoms with Crippen molar-refractivity contribution in [1.29, 1.82) is 0 Å². The van der Waals surface area contributed by atoms with Crippen LogP contribution in [0, 0.1) is 12.8 Å². The van der Waals surface area contributed by atoms with Crippen molar-refractivity contribution in [2.24, 2.45) is 10.9 Å². The van der Waals surface area contributed by atoms with Gasteiger partial charge in [-0.25, -0.2) is 4.99 Å². The minimum absolute atomic E-state index is 0.128. The minimum Gasteiger partial charge on any atom is -0.488 e. The van der Waals surface area contributed by atoms with E-state index in [1.54, 1.807) is 0 Å². The quantitative estimate of drug-likeness (QED) is 0.483. The fourth-order valence-electron chi connectivity index (χ4n) is 4.28. The van der Waals surface area contributed by atoms with Crippen molar-refractivity contribution in [2.75, 3.05) is 32.9 Å². The van der Waals surface area contributed by atoms with Crippen LogP contribution < -0.4 is 15.4 Å². The lowest BCUT2D eigenvalue weighted by Crippen LogP contribution is -2.40. The highest BCUT2D eigenvalue weighted by Gasteiger charge is 2.29. The van der Waals surface area contributed by atoms with E-state index in [0.29, 0.717) is 19.1 Å². The smallest absolute Gasteiger partial charge is 0.191 e. The Morgan fingerprint density at radius 1 is 1.09 bits per heavy atom. The molecule has 3 unspecified atom stereocenters. The Balaban J connectivity index is 1.40. The number of aliphatic imine (C=N–C) groups is 1. The molecule has 6 nitrogen and oxygen atoms in total. The summed E-state index contributed by atoms with van der Waals surface area (Å²) in [6.45, 7) is 8.59. The molecular formula is C26H35N3O3. The molecule has 2 aliphatic rings. The molecule has 172 valence electrons. The molecule has 0 radical (unpaired) electrons. The predicted molar refractivity (Wildman–Crippen MR) is 127 cm³/mol. The Kier molecular flexibility index (Phi) is 8.02. The topological polar surface area (TPSA) is 64.1 Å². The monoisotopic (exact) mass is 437 g/mol. The van der Waals surface area contributed by atoms with Crippen LogP contribution in [0.4, 0.5) is 0 Å². The number of nitrogens with one attached hydrogen (secondary N) is 2. The zero-order chi connectivity index (χ0) is 22.2. The zero-order valence-corrected chi connectivity index (χ0v) is 19.2. The lowest BCUT2D eigenvalue weighted by molar-refractivity contribution is 0.0915. The normalized spacial score (nSPS) is 23.3. The van der Waals surface area contributed by atoms with E-state index in [-0.39, 0.29) is 12.2 Å². The molecule has 0 amide bonds. The second-order valence-electron chi connectivity index (χ2n) is 8.54. The molecular weight excluding hydrogens is 402 g/mol. The van der Waals surface area contributed by atoms with Crippen molar-refractivity contribution in [2.45, 2.75) is 45.4 Å². The molecule has 6 heteroatoms. The number of hydrogen-bond acceptors (Lipinski definition) is 4. The highest BCUT2D eigenvalue weighted by atomic mass is 16.5. The predicted octanol–water partition coefficient (Wildman–Crippen LogP) is 4.00. The average molecular weight is 438 g/mol. The molecule has 0 spiro atoms. The fourth-order valence-corrected chi connectivity index (χ4v) is 4.28. The molecule has 0 bridgehead atoms. The largest absolute Gasteiger partial charge is 0.488 e. The van der Waals surface area contributed by atoms with E-state index in [2.05, 4.69) is 66.9 Å². The van der Waals surface area contributed by atoms with Crippen LogP contribution >= 0.6 is 0 Å². The highest BCUT2D eigenvalue weighted by Crippen LogP contribution is 2.33. The van der Waals surface area contributed by atoms with Gasteiger partial charge in [0.1, 0.15) is 11.9 Å². The molecule has 0 aromatic heterocycles. The molecule has 0 saturated carbocycles. The van der Waals surface area contributed by atoms with Gasteiger partial charge in [-0.2, -0.15) is 0 Å². The number of guanidine groups is 1. The van der Waals surface area contributed by atoms with Crippen LogP contribution in [0.5, 0.6) is 5.75 Å². The number of hydrogen-bond donors (Lipinski definition) is 2. The maximum Gasteiger partial charge on any atom is 0.191 e. The van der Waals surface area contributed by atoms with Gasteiger partial charge in [0.05, 0.1) is 25.9 Å². The fraction of sp³-hybridized carbons (Fsp3) is 0.500. The van der Waals surface area contributed by atoms with Gasteiger partial charge in [-0.3, -0.25) is 0 Å². The van der Waals surface area contributed by atoms with Gasteiger partial charge in [-0.05, 0) is 37.5 Å². The first kappa shape index (κ1) is 22.6. The summed E-state index contributed by atoms with van der Waals surface area (Å²) in [7, 11) is 0. The van der Waals surface area contributed by atoms with E-state index in [1.165, 1.54) is 11.1 Å². The van der Waals surface area contributed by atoms with Crippen molar-refractivity contribution in [1.82, 2.24) is 10.6 Å². The maximum atomic E-state index is 6.23. The number of aryl methyl sites for hydroxylation is 1. The molecule has 4 rings (SSSR count). The summed E-state index contributed by atoms with van der Waals surface area (Å²) in [5, 5.41) is 6.91. The number of benzene rings is 2. The van der Waals surface area contributed by atoms with E-state index >= 15 is 0 Å². The van der Waals surface area contributed by atoms with Gasteiger partial charge in [0, 0.05) is 37.6 Å². The van der Waals surface area contributed by atoms with Crippen LogP contribution in [0.15, 0.2) is 53.5 Å². The summed E-state index contributed by atoms with van der Waals surface area (Å²) in [5.74, 6) is 2.15. The Morgan fingerprint density at radius 2 is 1.97 bits per heavy atom. The molecule has 2 N–H and O–H groups in total. The van der Waals surface area contributed by atoms with Crippen LogP contribution in [0.3, 0.4) is 0 Å². The Labute approximate surface area is 191 Å². The van der Waals surface area contributed by atoms with Crippen molar-refractivity contribution >= 4 is 5.96 Å². The van der Waals surface area contributed by atoms with Crippen LogP contribution in [0.25, 0.3) is 0 Å². The molecule has 2 saturated heterocycles. The lowest BCUT2D eigenvalue weighted by atomic mass is 9.95. The SMILES string of the molecule is CCNC(=NCc1ccc(C)cc1OC1CCOC1)NCC1CCOC1c1ccccc1. The first-order valence-corrected chi connectivity index (χ1v) is 11.8. The van der Waals surface area contributed by atoms with Gasteiger partial charge in [0.2, 0.25) is 0 Å². The van der Waals surface area contributed by atoms with Crippen molar-refractivity contribution in [3.63, 3.8) is 0 Å². The van der Waals surface area contributed by atoms with Gasteiger partial charge in [0.25, 0.3) is 0 Å². The third kappa shape index (κ3) is 6.02. The summed E-state index contributed by atoms with van der Waals surface area (Å²) in [6.07, 6.45) is 2.25. The van der Waals surface area contributed by atoms with E-state index < -0.39 is 0 Å². The van der Waals surface area contributed by atoms with E-state index in [9.17, 15) is 0 Å². The van der Waals surface area contributed by atoms with Crippen molar-refractivity contribution < 1.29 is 14.2 Å². The standard InChI is InChI=1S/C26H35N3O3/c1-3-27-26(29-17-22-11-14-31-25(22)20-7-5-4-6-8-20)28-16-21-10-9-19(2)15-24(21)32-23-12-13-30-18-23/h4-10,15,22-23,25H,3,11-14,16-18H2,1-2H3,(H2,27,28,29). The van der Waals surface area contributed by atoms with Crippen LogP contribution in [0.2, 0.25) is 0 Å². The Morgan fingerprint density at radius 3 is 2.75 bits per heavy atom. The summed E-state index contributed by atoms with van der Waals surface area (Å²) >= 11 is 0. The van der Waals surface area contributed by atoms with Gasteiger partial charge in [-0.15, -0.1) is 0 Å². The number of ether oxygens (including phenoxy) is 3.